The van der Waals surface area contributed by atoms with Crippen molar-refractivity contribution in [2.75, 3.05) is 6.54 Å². The molecule has 5 heteroatoms. The van der Waals surface area contributed by atoms with Crippen molar-refractivity contribution in [2.24, 2.45) is 0 Å². The molecule has 0 fully saturated rings. The molecule has 0 spiro atoms. The minimum atomic E-state index is -0.258. The fourth-order valence-corrected chi connectivity index (χ4v) is 2.10. The molecular formula is C16H18FN3O. The van der Waals surface area contributed by atoms with Crippen molar-refractivity contribution < 1.29 is 9.18 Å². The molecule has 0 saturated heterocycles. The predicted octanol–water partition coefficient (Wildman–Crippen LogP) is 2.61. The SMILES string of the molecule is C=CCN(Cc1nccn1Cc1cccc(F)c1)C(C)=O. The number of carbonyl (C=O) groups is 1. The summed E-state index contributed by atoms with van der Waals surface area (Å²) >= 11 is 0. The van der Waals surface area contributed by atoms with Crippen molar-refractivity contribution in [3.8, 4) is 0 Å². The number of nitrogens with zero attached hydrogens (tertiary/aromatic N) is 3. The molecule has 21 heavy (non-hydrogen) atoms. The molecule has 1 aromatic heterocycles. The predicted molar refractivity (Wildman–Crippen MR) is 79.0 cm³/mol. The molecule has 0 bridgehead atoms. The lowest BCUT2D eigenvalue weighted by Gasteiger charge is -2.19. The summed E-state index contributed by atoms with van der Waals surface area (Å²) in [6, 6.07) is 6.45. The van der Waals surface area contributed by atoms with E-state index in [-0.39, 0.29) is 11.7 Å². The summed E-state index contributed by atoms with van der Waals surface area (Å²) in [4.78, 5) is 17.5. The molecule has 110 valence electrons. The summed E-state index contributed by atoms with van der Waals surface area (Å²) in [6.45, 7) is 6.57. The third-order valence-corrected chi connectivity index (χ3v) is 3.17. The number of rotatable bonds is 6. The number of hydrogen-bond donors (Lipinski definition) is 0. The van der Waals surface area contributed by atoms with E-state index >= 15 is 0 Å². The first-order valence-electron chi connectivity index (χ1n) is 6.71. The molecule has 2 aromatic rings. The molecule has 0 unspecified atom stereocenters. The number of benzene rings is 1. The van der Waals surface area contributed by atoms with E-state index in [1.54, 1.807) is 23.2 Å². The van der Waals surface area contributed by atoms with E-state index in [0.717, 1.165) is 11.4 Å². The van der Waals surface area contributed by atoms with Gasteiger partial charge in [-0.1, -0.05) is 18.2 Å². The average molecular weight is 287 g/mol. The number of imidazole rings is 1. The van der Waals surface area contributed by atoms with Gasteiger partial charge < -0.3 is 9.47 Å². The van der Waals surface area contributed by atoms with Crippen LogP contribution in [0, 0.1) is 5.82 Å². The minimum Gasteiger partial charge on any atom is -0.332 e. The summed E-state index contributed by atoms with van der Waals surface area (Å²) in [5, 5.41) is 0. The Morgan fingerprint density at radius 1 is 1.52 bits per heavy atom. The largest absolute Gasteiger partial charge is 0.332 e. The highest BCUT2D eigenvalue weighted by atomic mass is 19.1. The Morgan fingerprint density at radius 2 is 2.33 bits per heavy atom. The Bertz CT molecular complexity index is 636. The first-order valence-corrected chi connectivity index (χ1v) is 6.71. The van der Waals surface area contributed by atoms with Crippen LogP contribution in [0.2, 0.25) is 0 Å². The van der Waals surface area contributed by atoms with Gasteiger partial charge in [0, 0.05) is 32.4 Å². The fourth-order valence-electron chi connectivity index (χ4n) is 2.10. The number of carbonyl (C=O) groups excluding carboxylic acids is 1. The van der Waals surface area contributed by atoms with E-state index in [1.165, 1.54) is 19.1 Å². The highest BCUT2D eigenvalue weighted by Gasteiger charge is 2.12. The number of halogens is 1. The van der Waals surface area contributed by atoms with Crippen molar-refractivity contribution in [3.05, 3.63) is 66.5 Å². The van der Waals surface area contributed by atoms with Crippen LogP contribution in [-0.4, -0.2) is 26.9 Å². The van der Waals surface area contributed by atoms with Crippen molar-refractivity contribution in [2.45, 2.75) is 20.0 Å². The van der Waals surface area contributed by atoms with Crippen molar-refractivity contribution in [1.82, 2.24) is 14.5 Å². The van der Waals surface area contributed by atoms with Crippen LogP contribution >= 0.6 is 0 Å². The highest BCUT2D eigenvalue weighted by molar-refractivity contribution is 5.73. The van der Waals surface area contributed by atoms with E-state index in [2.05, 4.69) is 11.6 Å². The van der Waals surface area contributed by atoms with Crippen LogP contribution in [0.4, 0.5) is 4.39 Å². The van der Waals surface area contributed by atoms with E-state index in [9.17, 15) is 9.18 Å². The van der Waals surface area contributed by atoms with E-state index < -0.39 is 0 Å². The van der Waals surface area contributed by atoms with Crippen LogP contribution in [0.1, 0.15) is 18.3 Å². The van der Waals surface area contributed by atoms with Gasteiger partial charge in [-0.3, -0.25) is 4.79 Å². The Balaban J connectivity index is 2.14. The Kier molecular flexibility index (Phi) is 4.87. The summed E-state index contributed by atoms with van der Waals surface area (Å²) in [5.74, 6) is 0.470. The van der Waals surface area contributed by atoms with Crippen LogP contribution in [0.25, 0.3) is 0 Å². The standard InChI is InChI=1S/C16H18FN3O/c1-3-8-19(13(2)21)12-16-18-7-9-20(16)11-14-5-4-6-15(17)10-14/h3-7,9-10H,1,8,11-12H2,2H3. The second-order valence-corrected chi connectivity index (χ2v) is 4.79. The van der Waals surface area contributed by atoms with Gasteiger partial charge in [-0.15, -0.1) is 6.58 Å². The van der Waals surface area contributed by atoms with Crippen LogP contribution in [0.5, 0.6) is 0 Å². The molecule has 2 rings (SSSR count). The van der Waals surface area contributed by atoms with Crippen molar-refractivity contribution in [1.29, 1.82) is 0 Å². The maximum Gasteiger partial charge on any atom is 0.220 e. The van der Waals surface area contributed by atoms with E-state index in [1.807, 2.05) is 16.8 Å². The molecule has 0 aliphatic rings. The Labute approximate surface area is 123 Å². The quantitative estimate of drug-likeness (QED) is 0.766. The molecule has 0 N–H and O–H groups in total. The zero-order valence-corrected chi connectivity index (χ0v) is 12.0. The zero-order chi connectivity index (χ0) is 15.2. The van der Waals surface area contributed by atoms with Gasteiger partial charge in [0.05, 0.1) is 6.54 Å². The van der Waals surface area contributed by atoms with E-state index in [4.69, 9.17) is 0 Å². The number of amides is 1. The molecule has 1 aromatic carbocycles. The summed E-state index contributed by atoms with van der Waals surface area (Å²) in [7, 11) is 0. The molecule has 0 aliphatic heterocycles. The maximum absolute atomic E-state index is 13.2. The smallest absolute Gasteiger partial charge is 0.220 e. The first-order chi connectivity index (χ1) is 10.1. The van der Waals surface area contributed by atoms with Gasteiger partial charge >= 0.3 is 0 Å². The van der Waals surface area contributed by atoms with Crippen molar-refractivity contribution >= 4 is 5.91 Å². The van der Waals surface area contributed by atoms with Crippen LogP contribution in [-0.2, 0) is 17.9 Å². The summed E-state index contributed by atoms with van der Waals surface area (Å²) in [5.41, 5.74) is 0.854. The maximum atomic E-state index is 13.2. The Hall–Kier alpha value is -2.43. The topological polar surface area (TPSA) is 38.1 Å². The minimum absolute atomic E-state index is 0.0322. The Morgan fingerprint density at radius 3 is 3.00 bits per heavy atom. The van der Waals surface area contributed by atoms with Crippen LogP contribution in [0.15, 0.2) is 49.3 Å². The second-order valence-electron chi connectivity index (χ2n) is 4.79. The average Bonchev–Trinajstić information content (AvgIpc) is 2.85. The molecule has 1 amide bonds. The van der Waals surface area contributed by atoms with Crippen molar-refractivity contribution in [3.63, 3.8) is 0 Å². The second kappa shape index (κ2) is 6.83. The van der Waals surface area contributed by atoms with Gasteiger partial charge in [-0.25, -0.2) is 9.37 Å². The molecule has 0 aliphatic carbocycles. The molecular weight excluding hydrogens is 269 g/mol. The lowest BCUT2D eigenvalue weighted by Crippen LogP contribution is -2.29. The van der Waals surface area contributed by atoms with Crippen LogP contribution in [0.3, 0.4) is 0 Å². The van der Waals surface area contributed by atoms with Gasteiger partial charge in [0.25, 0.3) is 0 Å². The third kappa shape index (κ3) is 4.02. The lowest BCUT2D eigenvalue weighted by molar-refractivity contribution is -0.129. The molecule has 0 atom stereocenters. The zero-order valence-electron chi connectivity index (χ0n) is 12.0. The van der Waals surface area contributed by atoms with Gasteiger partial charge in [0.2, 0.25) is 5.91 Å². The van der Waals surface area contributed by atoms with Gasteiger partial charge in [-0.2, -0.15) is 0 Å². The monoisotopic (exact) mass is 287 g/mol. The molecule has 0 radical (unpaired) electrons. The molecule has 4 nitrogen and oxygen atoms in total. The highest BCUT2D eigenvalue weighted by Crippen LogP contribution is 2.10. The van der Waals surface area contributed by atoms with Crippen LogP contribution < -0.4 is 0 Å². The van der Waals surface area contributed by atoms with Gasteiger partial charge in [-0.05, 0) is 17.7 Å². The van der Waals surface area contributed by atoms with Gasteiger partial charge in [0.15, 0.2) is 0 Å². The molecule has 1 heterocycles. The summed E-state index contributed by atoms with van der Waals surface area (Å²) < 4.78 is 15.1. The molecule has 0 saturated carbocycles. The lowest BCUT2D eigenvalue weighted by atomic mass is 10.2. The number of aromatic nitrogens is 2. The summed E-state index contributed by atoms with van der Waals surface area (Å²) in [6.07, 6.45) is 5.19. The normalized spacial score (nSPS) is 10.4. The third-order valence-electron chi connectivity index (χ3n) is 3.17. The van der Waals surface area contributed by atoms with Gasteiger partial charge in [0.1, 0.15) is 11.6 Å². The fraction of sp³-hybridized carbons (Fsp3) is 0.250. The first kappa shape index (κ1) is 15.0. The van der Waals surface area contributed by atoms with E-state index in [0.29, 0.717) is 19.6 Å². The number of hydrogen-bond acceptors (Lipinski definition) is 2.